The van der Waals surface area contributed by atoms with E-state index in [2.05, 4.69) is 29.0 Å². The lowest BCUT2D eigenvalue weighted by Crippen LogP contribution is -2.45. The van der Waals surface area contributed by atoms with Crippen LogP contribution in [0.25, 0.3) is 0 Å². The summed E-state index contributed by atoms with van der Waals surface area (Å²) in [6.07, 6.45) is 3.98. The molecule has 0 aromatic rings. The Balaban J connectivity index is 2.63. The summed E-state index contributed by atoms with van der Waals surface area (Å²) in [5.41, 5.74) is 0. The monoisotopic (exact) mass is 218 g/mol. The molecular formula is C10H22N2OS. The van der Waals surface area contributed by atoms with Gasteiger partial charge in [0.05, 0.1) is 0 Å². The lowest BCUT2D eigenvalue weighted by molar-refractivity contribution is 0.190. The molecule has 1 unspecified atom stereocenters. The first-order valence-corrected chi connectivity index (χ1v) is 7.32. The molecule has 0 aliphatic carbocycles. The number of nitrogens with zero attached hydrogens (tertiary/aromatic N) is 2. The molecular weight excluding hydrogens is 196 g/mol. The van der Waals surface area contributed by atoms with Gasteiger partial charge in [-0.1, -0.05) is 6.92 Å². The summed E-state index contributed by atoms with van der Waals surface area (Å²) in [7, 11) is 0.122. The van der Waals surface area contributed by atoms with E-state index in [9.17, 15) is 4.21 Å². The summed E-state index contributed by atoms with van der Waals surface area (Å²) < 4.78 is 14.0. The van der Waals surface area contributed by atoms with Crippen molar-refractivity contribution in [1.29, 1.82) is 0 Å². The minimum Gasteiger partial charge on any atom is -0.306 e. The van der Waals surface area contributed by atoms with Crippen LogP contribution in [-0.2, 0) is 9.71 Å². The standard InChI is InChI=1S/C10H22N2OS/c1-5-12(14(3,4)13)10-6-8-11(2)9-7-10/h10H,3,5-9H2,1-2,4H3. The summed E-state index contributed by atoms with van der Waals surface area (Å²) in [5.74, 6) is 3.78. The molecule has 1 saturated heterocycles. The summed E-state index contributed by atoms with van der Waals surface area (Å²) in [6, 6.07) is 0.464. The van der Waals surface area contributed by atoms with E-state index in [4.69, 9.17) is 0 Å². The molecule has 0 aromatic carbocycles. The summed E-state index contributed by atoms with van der Waals surface area (Å²) >= 11 is 0. The second kappa shape index (κ2) is 4.64. The van der Waals surface area contributed by atoms with Gasteiger partial charge in [0.1, 0.15) is 0 Å². The van der Waals surface area contributed by atoms with Gasteiger partial charge in [-0.15, -0.1) is 0 Å². The number of likely N-dealkylation sites (tertiary alicyclic amines) is 1. The Labute approximate surface area is 88.2 Å². The molecule has 4 heteroatoms. The van der Waals surface area contributed by atoms with Gasteiger partial charge >= 0.3 is 0 Å². The predicted molar refractivity (Wildman–Crippen MR) is 64.1 cm³/mol. The first-order chi connectivity index (χ1) is 6.45. The van der Waals surface area contributed by atoms with Crippen LogP contribution in [0.3, 0.4) is 0 Å². The van der Waals surface area contributed by atoms with Crippen molar-refractivity contribution < 1.29 is 4.21 Å². The van der Waals surface area contributed by atoms with Crippen molar-refractivity contribution in [3.63, 3.8) is 0 Å². The highest BCUT2D eigenvalue weighted by Crippen LogP contribution is 2.17. The van der Waals surface area contributed by atoms with E-state index < -0.39 is 9.71 Å². The fraction of sp³-hybridized carbons (Fsp3) is 0.900. The average Bonchev–Trinajstić information content (AvgIpc) is 2.07. The zero-order valence-electron chi connectivity index (χ0n) is 9.53. The van der Waals surface area contributed by atoms with E-state index in [0.717, 1.165) is 32.5 Å². The molecule has 1 aliphatic rings. The predicted octanol–water partition coefficient (Wildman–Crippen LogP) is 0.664. The number of hydrogen-bond donors (Lipinski definition) is 0. The first-order valence-electron chi connectivity index (χ1n) is 5.22. The molecule has 0 amide bonds. The smallest absolute Gasteiger partial charge is 0.0247 e. The Morgan fingerprint density at radius 1 is 1.50 bits per heavy atom. The van der Waals surface area contributed by atoms with Crippen molar-refractivity contribution in [3.05, 3.63) is 0 Å². The molecule has 14 heavy (non-hydrogen) atoms. The molecule has 84 valence electrons. The van der Waals surface area contributed by atoms with E-state index >= 15 is 0 Å². The van der Waals surface area contributed by atoms with Gasteiger partial charge in [0.2, 0.25) is 0 Å². The third-order valence-electron chi connectivity index (χ3n) is 2.90. The van der Waals surface area contributed by atoms with Crippen LogP contribution >= 0.6 is 0 Å². The lowest BCUT2D eigenvalue weighted by Gasteiger charge is -2.37. The van der Waals surface area contributed by atoms with Crippen LogP contribution < -0.4 is 0 Å². The molecule has 0 aromatic heterocycles. The summed E-state index contributed by atoms with van der Waals surface area (Å²) in [5, 5.41) is 0. The average molecular weight is 218 g/mol. The van der Waals surface area contributed by atoms with Gasteiger partial charge in [-0.3, -0.25) is 4.21 Å². The van der Waals surface area contributed by atoms with E-state index in [-0.39, 0.29) is 0 Å². The Kier molecular flexibility index (Phi) is 3.98. The highest BCUT2D eigenvalue weighted by atomic mass is 32.2. The van der Waals surface area contributed by atoms with Gasteiger partial charge in [0.15, 0.2) is 0 Å². The summed E-state index contributed by atoms with van der Waals surface area (Å²) in [6.45, 7) is 5.12. The maximum Gasteiger partial charge on any atom is 0.0247 e. The van der Waals surface area contributed by atoms with E-state index in [0.29, 0.717) is 6.04 Å². The van der Waals surface area contributed by atoms with Crippen LogP contribution in [0.2, 0.25) is 0 Å². The van der Waals surface area contributed by atoms with Gasteiger partial charge in [-0.2, -0.15) is 0 Å². The quantitative estimate of drug-likeness (QED) is 0.650. The second-order valence-corrected chi connectivity index (χ2v) is 6.61. The van der Waals surface area contributed by atoms with Gasteiger partial charge in [0, 0.05) is 28.6 Å². The maximum atomic E-state index is 11.9. The molecule has 1 rings (SSSR count). The SMILES string of the molecule is C=S(C)(=O)N(CC)C1CCN(C)CC1. The number of rotatable bonds is 3. The third kappa shape index (κ3) is 2.97. The van der Waals surface area contributed by atoms with Gasteiger partial charge in [0.25, 0.3) is 0 Å². The van der Waals surface area contributed by atoms with Crippen molar-refractivity contribution in [1.82, 2.24) is 9.21 Å². The summed E-state index contributed by atoms with van der Waals surface area (Å²) in [4.78, 5) is 2.32. The largest absolute Gasteiger partial charge is 0.306 e. The third-order valence-corrected chi connectivity index (χ3v) is 4.45. The van der Waals surface area contributed by atoms with Gasteiger partial charge in [-0.25, -0.2) is 4.31 Å². The molecule has 0 N–H and O–H groups in total. The van der Waals surface area contributed by atoms with Crippen LogP contribution in [0.15, 0.2) is 0 Å². The molecule has 0 radical (unpaired) electrons. The first kappa shape index (κ1) is 12.0. The minimum atomic E-state index is -2.02. The minimum absolute atomic E-state index is 0.464. The molecule has 1 aliphatic heterocycles. The van der Waals surface area contributed by atoms with Gasteiger partial charge in [-0.05, 0) is 38.8 Å². The molecule has 0 spiro atoms. The zero-order chi connectivity index (χ0) is 10.8. The normalized spacial score (nSPS) is 25.1. The lowest BCUT2D eigenvalue weighted by atomic mass is 10.1. The van der Waals surface area contributed by atoms with E-state index in [1.165, 1.54) is 0 Å². The van der Waals surface area contributed by atoms with Crippen molar-refractivity contribution in [2.75, 3.05) is 32.9 Å². The zero-order valence-corrected chi connectivity index (χ0v) is 10.3. The van der Waals surface area contributed by atoms with Crippen LogP contribution in [0, 0.1) is 0 Å². The van der Waals surface area contributed by atoms with Crippen LogP contribution in [-0.4, -0.2) is 58.3 Å². The Morgan fingerprint density at radius 2 is 2.00 bits per heavy atom. The fourth-order valence-electron chi connectivity index (χ4n) is 2.13. The van der Waals surface area contributed by atoms with Crippen molar-refractivity contribution in [3.8, 4) is 0 Å². The molecule has 0 saturated carbocycles. The van der Waals surface area contributed by atoms with Crippen LogP contribution in [0.4, 0.5) is 0 Å². The highest BCUT2D eigenvalue weighted by Gasteiger charge is 2.24. The van der Waals surface area contributed by atoms with E-state index in [1.54, 1.807) is 6.26 Å². The Bertz CT molecular complexity index is 266. The molecule has 3 nitrogen and oxygen atoms in total. The second-order valence-electron chi connectivity index (χ2n) is 4.23. The van der Waals surface area contributed by atoms with Crippen LogP contribution in [0.1, 0.15) is 19.8 Å². The molecule has 1 heterocycles. The fourth-order valence-corrected chi connectivity index (χ4v) is 3.52. The topological polar surface area (TPSA) is 23.6 Å². The van der Waals surface area contributed by atoms with E-state index in [1.807, 2.05) is 0 Å². The Morgan fingerprint density at radius 3 is 2.36 bits per heavy atom. The van der Waals surface area contributed by atoms with Crippen molar-refractivity contribution in [2.24, 2.45) is 0 Å². The van der Waals surface area contributed by atoms with Crippen molar-refractivity contribution in [2.45, 2.75) is 25.8 Å². The Hall–Kier alpha value is -0.0600. The molecule has 0 bridgehead atoms. The molecule has 1 fully saturated rings. The maximum absolute atomic E-state index is 11.9. The number of piperidine rings is 1. The van der Waals surface area contributed by atoms with Gasteiger partial charge < -0.3 is 4.90 Å². The highest BCUT2D eigenvalue weighted by molar-refractivity contribution is 7.97. The molecule has 1 atom stereocenters. The number of hydrogen-bond acceptors (Lipinski definition) is 2. The van der Waals surface area contributed by atoms with Crippen molar-refractivity contribution >= 4 is 15.6 Å². The van der Waals surface area contributed by atoms with Crippen LogP contribution in [0.5, 0.6) is 0 Å².